The van der Waals surface area contributed by atoms with Crippen molar-refractivity contribution in [3.05, 3.63) is 62.2 Å². The van der Waals surface area contributed by atoms with E-state index in [2.05, 4.69) is 31.2 Å². The van der Waals surface area contributed by atoms with E-state index in [0.29, 0.717) is 5.82 Å². The first kappa shape index (κ1) is 14.5. The van der Waals surface area contributed by atoms with Gasteiger partial charge in [-0.2, -0.15) is 0 Å². The number of benzene rings is 1. The molecule has 0 aliphatic rings. The van der Waals surface area contributed by atoms with Crippen molar-refractivity contribution in [3.63, 3.8) is 0 Å². The lowest BCUT2D eigenvalue weighted by Crippen LogP contribution is -2.29. The Labute approximate surface area is 124 Å². The quantitative estimate of drug-likeness (QED) is 0.903. The zero-order chi connectivity index (χ0) is 14.7. The number of aromatic nitrogens is 2. The number of amides is 1. The molecule has 0 saturated carbocycles. The van der Waals surface area contributed by atoms with Crippen molar-refractivity contribution >= 4 is 21.8 Å². The molecule has 0 spiro atoms. The van der Waals surface area contributed by atoms with E-state index >= 15 is 0 Å². The van der Waals surface area contributed by atoms with E-state index in [1.165, 1.54) is 6.07 Å². The second kappa shape index (κ2) is 6.00. The van der Waals surface area contributed by atoms with Gasteiger partial charge in [-0.1, -0.05) is 28.1 Å². The lowest BCUT2D eigenvalue weighted by atomic mass is 10.1. The van der Waals surface area contributed by atoms with E-state index in [4.69, 9.17) is 0 Å². The molecule has 1 aromatic carbocycles. The summed E-state index contributed by atoms with van der Waals surface area (Å²) in [7, 11) is 0. The van der Waals surface area contributed by atoms with Crippen molar-refractivity contribution in [2.75, 3.05) is 0 Å². The summed E-state index contributed by atoms with van der Waals surface area (Å²) < 4.78 is 0.978. The predicted molar refractivity (Wildman–Crippen MR) is 79.6 cm³/mol. The van der Waals surface area contributed by atoms with Gasteiger partial charge in [-0.3, -0.25) is 9.59 Å². The van der Waals surface area contributed by atoms with E-state index in [0.717, 1.165) is 10.0 Å². The van der Waals surface area contributed by atoms with Gasteiger partial charge in [0.25, 0.3) is 11.5 Å². The third kappa shape index (κ3) is 3.54. The standard InChI is InChI=1S/C14H14BrN3O2/c1-8(10-3-5-11(15)6-4-10)16-14(20)12-7-13(19)18-9(2)17-12/h3-8H,1-2H3,(H,16,20)(H,17,18,19). The molecule has 1 aromatic heterocycles. The van der Waals surface area contributed by atoms with Crippen LogP contribution < -0.4 is 10.9 Å². The van der Waals surface area contributed by atoms with Gasteiger partial charge < -0.3 is 10.3 Å². The monoisotopic (exact) mass is 335 g/mol. The van der Waals surface area contributed by atoms with Gasteiger partial charge in [0.05, 0.1) is 6.04 Å². The first-order valence-corrected chi connectivity index (χ1v) is 6.89. The molecule has 6 heteroatoms. The van der Waals surface area contributed by atoms with Crippen molar-refractivity contribution in [1.29, 1.82) is 0 Å². The third-order valence-electron chi connectivity index (χ3n) is 2.81. The zero-order valence-electron chi connectivity index (χ0n) is 11.1. The van der Waals surface area contributed by atoms with Crippen molar-refractivity contribution in [1.82, 2.24) is 15.3 Å². The van der Waals surface area contributed by atoms with E-state index in [-0.39, 0.29) is 23.2 Å². The molecule has 2 N–H and O–H groups in total. The highest BCUT2D eigenvalue weighted by molar-refractivity contribution is 9.10. The number of halogens is 1. The normalized spacial score (nSPS) is 11.9. The topological polar surface area (TPSA) is 74.8 Å². The molecule has 2 rings (SSSR count). The highest BCUT2D eigenvalue weighted by Crippen LogP contribution is 2.16. The van der Waals surface area contributed by atoms with Gasteiger partial charge in [-0.25, -0.2) is 4.98 Å². The maximum absolute atomic E-state index is 12.1. The molecule has 0 aliphatic heterocycles. The lowest BCUT2D eigenvalue weighted by Gasteiger charge is -2.14. The minimum Gasteiger partial charge on any atom is -0.344 e. The fraction of sp³-hybridized carbons (Fsp3) is 0.214. The number of hydrogen-bond donors (Lipinski definition) is 2. The molecule has 104 valence electrons. The summed E-state index contributed by atoms with van der Waals surface area (Å²) in [6, 6.07) is 8.69. The van der Waals surface area contributed by atoms with Crippen LogP contribution in [0.2, 0.25) is 0 Å². The van der Waals surface area contributed by atoms with Gasteiger partial charge in [0, 0.05) is 10.5 Å². The Bertz CT molecular complexity index is 680. The number of carbonyl (C=O) groups excluding carboxylic acids is 1. The number of nitrogens with one attached hydrogen (secondary N) is 2. The number of H-pyrrole nitrogens is 1. The average Bonchev–Trinajstić information content (AvgIpc) is 2.38. The Kier molecular flexibility index (Phi) is 4.34. The molecule has 1 amide bonds. The van der Waals surface area contributed by atoms with Gasteiger partial charge in [0.1, 0.15) is 11.5 Å². The number of aryl methyl sites for hydroxylation is 1. The highest BCUT2D eigenvalue weighted by atomic mass is 79.9. The molecule has 0 bridgehead atoms. The van der Waals surface area contributed by atoms with E-state index in [9.17, 15) is 9.59 Å². The molecule has 0 aliphatic carbocycles. The minimum atomic E-state index is -0.366. The molecule has 1 atom stereocenters. The fourth-order valence-corrected chi connectivity index (χ4v) is 2.07. The number of hydrogen-bond acceptors (Lipinski definition) is 3. The Morgan fingerprint density at radius 1 is 1.35 bits per heavy atom. The van der Waals surface area contributed by atoms with Crippen LogP contribution >= 0.6 is 15.9 Å². The lowest BCUT2D eigenvalue weighted by molar-refractivity contribution is 0.0934. The summed E-state index contributed by atoms with van der Waals surface area (Å²) in [6.07, 6.45) is 0. The SMILES string of the molecule is Cc1nc(C(=O)NC(C)c2ccc(Br)cc2)cc(=O)[nH]1. The molecule has 1 unspecified atom stereocenters. The summed E-state index contributed by atoms with van der Waals surface area (Å²) in [5.41, 5.74) is 0.761. The molecule has 1 heterocycles. The summed E-state index contributed by atoms with van der Waals surface area (Å²) in [4.78, 5) is 29.9. The van der Waals surface area contributed by atoms with Gasteiger partial charge in [0.15, 0.2) is 0 Å². The van der Waals surface area contributed by atoms with Crippen molar-refractivity contribution in [2.45, 2.75) is 19.9 Å². The summed E-state index contributed by atoms with van der Waals surface area (Å²) in [5.74, 6) is 0.0496. The molecule has 0 fully saturated rings. The molecule has 5 nitrogen and oxygen atoms in total. The van der Waals surface area contributed by atoms with Crippen LogP contribution in [0.3, 0.4) is 0 Å². The largest absolute Gasteiger partial charge is 0.344 e. The van der Waals surface area contributed by atoms with Crippen molar-refractivity contribution < 1.29 is 4.79 Å². The Morgan fingerprint density at radius 3 is 2.60 bits per heavy atom. The van der Waals surface area contributed by atoms with Crippen LogP contribution in [-0.2, 0) is 0 Å². The van der Waals surface area contributed by atoms with Crippen LogP contribution in [0.1, 0.15) is 34.8 Å². The zero-order valence-corrected chi connectivity index (χ0v) is 12.7. The third-order valence-corrected chi connectivity index (χ3v) is 3.34. The maximum atomic E-state index is 12.1. The second-order valence-electron chi connectivity index (χ2n) is 4.46. The highest BCUT2D eigenvalue weighted by Gasteiger charge is 2.13. The second-order valence-corrected chi connectivity index (χ2v) is 5.38. The number of aromatic amines is 1. The molecule has 0 radical (unpaired) electrons. The van der Waals surface area contributed by atoms with Gasteiger partial charge in [0.2, 0.25) is 0 Å². The van der Waals surface area contributed by atoms with Gasteiger partial charge >= 0.3 is 0 Å². The smallest absolute Gasteiger partial charge is 0.270 e. The fourth-order valence-electron chi connectivity index (χ4n) is 1.80. The number of carbonyl (C=O) groups is 1. The Hall–Kier alpha value is -1.95. The van der Waals surface area contributed by atoms with E-state index < -0.39 is 0 Å². The molecule has 2 aromatic rings. The van der Waals surface area contributed by atoms with Crippen LogP contribution in [0, 0.1) is 6.92 Å². The number of rotatable bonds is 3. The summed E-state index contributed by atoms with van der Waals surface area (Å²) in [6.45, 7) is 3.51. The van der Waals surface area contributed by atoms with Crippen LogP contribution in [0.4, 0.5) is 0 Å². The molecular weight excluding hydrogens is 322 g/mol. The summed E-state index contributed by atoms with van der Waals surface area (Å²) >= 11 is 3.36. The van der Waals surface area contributed by atoms with Crippen molar-refractivity contribution in [2.24, 2.45) is 0 Å². The minimum absolute atomic E-state index is 0.121. The molecule has 0 saturated heterocycles. The number of nitrogens with zero attached hydrogens (tertiary/aromatic N) is 1. The maximum Gasteiger partial charge on any atom is 0.270 e. The predicted octanol–water partition coefficient (Wildman–Crippen LogP) is 2.33. The van der Waals surface area contributed by atoms with Crippen molar-refractivity contribution in [3.8, 4) is 0 Å². The van der Waals surface area contributed by atoms with Gasteiger partial charge in [-0.05, 0) is 31.5 Å². The molecule has 20 heavy (non-hydrogen) atoms. The summed E-state index contributed by atoms with van der Waals surface area (Å²) in [5, 5.41) is 2.82. The van der Waals surface area contributed by atoms with Gasteiger partial charge in [-0.15, -0.1) is 0 Å². The average molecular weight is 336 g/mol. The molecular formula is C14H14BrN3O2. The van der Waals surface area contributed by atoms with Crippen LogP contribution in [0.25, 0.3) is 0 Å². The van der Waals surface area contributed by atoms with E-state index in [1.807, 2.05) is 31.2 Å². The van der Waals surface area contributed by atoms with Crippen LogP contribution in [-0.4, -0.2) is 15.9 Å². The Morgan fingerprint density at radius 2 is 2.00 bits per heavy atom. The van der Waals surface area contributed by atoms with E-state index in [1.54, 1.807) is 6.92 Å². The Balaban J connectivity index is 2.14. The first-order chi connectivity index (χ1) is 9.45. The van der Waals surface area contributed by atoms with Crippen LogP contribution in [0.15, 0.2) is 39.6 Å². The van der Waals surface area contributed by atoms with Crippen LogP contribution in [0.5, 0.6) is 0 Å². The first-order valence-electron chi connectivity index (χ1n) is 6.10.